The molecule has 0 aliphatic carbocycles. The molecule has 5 nitrogen and oxygen atoms in total. The maximum Gasteiger partial charge on any atom is 0.191 e. The molecule has 0 bridgehead atoms. The molecule has 0 aromatic heterocycles. The Kier molecular flexibility index (Phi) is 11.6. The predicted molar refractivity (Wildman–Crippen MR) is 95.9 cm³/mol. The van der Waals surface area contributed by atoms with Crippen molar-refractivity contribution in [1.29, 1.82) is 5.26 Å². The Morgan fingerprint density at radius 3 is 2.81 bits per heavy atom. The molecule has 0 atom stereocenters. The van der Waals surface area contributed by atoms with Crippen LogP contribution < -0.4 is 10.6 Å². The summed E-state index contributed by atoms with van der Waals surface area (Å²) in [5.41, 5.74) is 1.68. The van der Waals surface area contributed by atoms with Gasteiger partial charge in [0, 0.05) is 19.7 Å². The SMILES string of the molecule is CCNC(=NCc1cccc(C#N)c1)NCCOCC.I. The molecule has 0 heterocycles. The van der Waals surface area contributed by atoms with Crippen molar-refractivity contribution >= 4 is 29.9 Å². The van der Waals surface area contributed by atoms with Gasteiger partial charge >= 0.3 is 0 Å². The van der Waals surface area contributed by atoms with E-state index in [4.69, 9.17) is 10.00 Å². The first-order valence-electron chi connectivity index (χ1n) is 6.89. The predicted octanol–water partition coefficient (Wildman–Crippen LogP) is 2.27. The van der Waals surface area contributed by atoms with Crippen LogP contribution in [0.2, 0.25) is 0 Å². The average Bonchev–Trinajstić information content (AvgIpc) is 2.49. The van der Waals surface area contributed by atoms with E-state index in [2.05, 4.69) is 21.7 Å². The molecule has 116 valence electrons. The molecule has 0 radical (unpaired) electrons. The fourth-order valence-electron chi connectivity index (χ4n) is 1.64. The molecule has 2 N–H and O–H groups in total. The highest BCUT2D eigenvalue weighted by molar-refractivity contribution is 14.0. The number of nitriles is 1. The third kappa shape index (κ3) is 8.52. The maximum absolute atomic E-state index is 8.87. The van der Waals surface area contributed by atoms with Crippen LogP contribution in [0.15, 0.2) is 29.3 Å². The van der Waals surface area contributed by atoms with Gasteiger partial charge in [0.1, 0.15) is 0 Å². The summed E-state index contributed by atoms with van der Waals surface area (Å²) in [6.45, 7) is 7.44. The van der Waals surface area contributed by atoms with Crippen molar-refractivity contribution in [3.63, 3.8) is 0 Å². The molecule has 0 spiro atoms. The molecule has 1 rings (SSSR count). The van der Waals surface area contributed by atoms with Crippen LogP contribution in [0.5, 0.6) is 0 Å². The van der Waals surface area contributed by atoms with Crippen LogP contribution in [-0.4, -0.2) is 32.3 Å². The smallest absolute Gasteiger partial charge is 0.191 e. The van der Waals surface area contributed by atoms with E-state index in [1.165, 1.54) is 0 Å². The molecule has 0 fully saturated rings. The molecule has 0 amide bonds. The number of guanidine groups is 1. The van der Waals surface area contributed by atoms with Gasteiger partial charge in [-0.1, -0.05) is 12.1 Å². The van der Waals surface area contributed by atoms with Crippen molar-refractivity contribution in [2.24, 2.45) is 4.99 Å². The Morgan fingerprint density at radius 1 is 1.33 bits per heavy atom. The van der Waals surface area contributed by atoms with Gasteiger partial charge in [0.25, 0.3) is 0 Å². The van der Waals surface area contributed by atoms with Crippen LogP contribution in [0.1, 0.15) is 25.0 Å². The van der Waals surface area contributed by atoms with E-state index in [0.29, 0.717) is 18.7 Å². The van der Waals surface area contributed by atoms with Gasteiger partial charge < -0.3 is 15.4 Å². The molecule has 0 unspecified atom stereocenters. The third-order valence-electron chi connectivity index (χ3n) is 2.56. The standard InChI is InChI=1S/C15H22N4O.HI/c1-3-17-15(18-8-9-20-4-2)19-12-14-7-5-6-13(10-14)11-16;/h5-7,10H,3-4,8-9,12H2,1-2H3,(H2,17,18,19);1H. The number of nitrogens with zero attached hydrogens (tertiary/aromatic N) is 2. The number of aliphatic imine (C=N–C) groups is 1. The first kappa shape index (κ1) is 19.7. The highest BCUT2D eigenvalue weighted by Crippen LogP contribution is 2.05. The molecular weight excluding hydrogens is 379 g/mol. The first-order chi connectivity index (χ1) is 9.80. The quantitative estimate of drug-likeness (QED) is 0.318. The minimum atomic E-state index is 0. The van der Waals surface area contributed by atoms with Gasteiger partial charge in [-0.05, 0) is 31.5 Å². The lowest BCUT2D eigenvalue weighted by Gasteiger charge is -2.11. The van der Waals surface area contributed by atoms with Gasteiger partial charge in [0.05, 0.1) is 24.8 Å². The highest BCUT2D eigenvalue weighted by Gasteiger charge is 1.98. The van der Waals surface area contributed by atoms with Crippen LogP contribution in [-0.2, 0) is 11.3 Å². The van der Waals surface area contributed by atoms with E-state index in [-0.39, 0.29) is 24.0 Å². The Balaban J connectivity index is 0.00000400. The van der Waals surface area contributed by atoms with Crippen molar-refractivity contribution in [2.45, 2.75) is 20.4 Å². The van der Waals surface area contributed by atoms with Crippen molar-refractivity contribution in [3.05, 3.63) is 35.4 Å². The summed E-state index contributed by atoms with van der Waals surface area (Å²) in [5, 5.41) is 15.2. The summed E-state index contributed by atoms with van der Waals surface area (Å²) in [4.78, 5) is 4.49. The van der Waals surface area contributed by atoms with Crippen LogP contribution >= 0.6 is 24.0 Å². The van der Waals surface area contributed by atoms with Crippen molar-refractivity contribution in [1.82, 2.24) is 10.6 Å². The minimum Gasteiger partial charge on any atom is -0.380 e. The lowest BCUT2D eigenvalue weighted by atomic mass is 10.1. The number of hydrogen-bond donors (Lipinski definition) is 2. The highest BCUT2D eigenvalue weighted by atomic mass is 127. The van der Waals surface area contributed by atoms with Gasteiger partial charge in [0.2, 0.25) is 0 Å². The molecule has 0 aliphatic rings. The second-order valence-corrected chi connectivity index (χ2v) is 4.13. The lowest BCUT2D eigenvalue weighted by Crippen LogP contribution is -2.39. The van der Waals surface area contributed by atoms with Gasteiger partial charge in [-0.3, -0.25) is 0 Å². The van der Waals surface area contributed by atoms with Crippen LogP contribution in [0.25, 0.3) is 0 Å². The lowest BCUT2D eigenvalue weighted by molar-refractivity contribution is 0.152. The van der Waals surface area contributed by atoms with E-state index in [1.807, 2.05) is 32.0 Å². The van der Waals surface area contributed by atoms with E-state index in [9.17, 15) is 0 Å². The normalized spacial score (nSPS) is 10.4. The molecule has 1 aromatic rings. The Bertz CT molecular complexity index is 471. The summed E-state index contributed by atoms with van der Waals surface area (Å²) >= 11 is 0. The molecular formula is C15H23IN4O. The molecule has 6 heteroatoms. The number of rotatable bonds is 7. The fourth-order valence-corrected chi connectivity index (χ4v) is 1.64. The summed E-state index contributed by atoms with van der Waals surface area (Å²) in [7, 11) is 0. The number of benzene rings is 1. The number of hydrogen-bond acceptors (Lipinski definition) is 3. The molecule has 1 aromatic carbocycles. The number of nitrogens with one attached hydrogen (secondary N) is 2. The molecule has 0 aliphatic heterocycles. The second kappa shape index (κ2) is 12.4. The van der Waals surface area contributed by atoms with Gasteiger partial charge in [-0.25, -0.2) is 4.99 Å². The third-order valence-corrected chi connectivity index (χ3v) is 2.56. The monoisotopic (exact) mass is 402 g/mol. The largest absolute Gasteiger partial charge is 0.380 e. The Morgan fingerprint density at radius 2 is 2.14 bits per heavy atom. The Hall–Kier alpha value is -1.33. The van der Waals surface area contributed by atoms with Crippen LogP contribution in [0.3, 0.4) is 0 Å². The molecule has 0 saturated heterocycles. The maximum atomic E-state index is 8.87. The summed E-state index contributed by atoms with van der Waals surface area (Å²) in [6.07, 6.45) is 0. The number of ether oxygens (including phenoxy) is 1. The van der Waals surface area contributed by atoms with Crippen molar-refractivity contribution in [3.8, 4) is 6.07 Å². The fraction of sp³-hybridized carbons (Fsp3) is 0.467. The molecule has 21 heavy (non-hydrogen) atoms. The minimum absolute atomic E-state index is 0. The zero-order valence-electron chi connectivity index (χ0n) is 12.6. The van der Waals surface area contributed by atoms with E-state index < -0.39 is 0 Å². The van der Waals surface area contributed by atoms with Gasteiger partial charge in [-0.2, -0.15) is 5.26 Å². The Labute approximate surface area is 143 Å². The zero-order chi connectivity index (χ0) is 14.6. The van der Waals surface area contributed by atoms with Crippen LogP contribution in [0, 0.1) is 11.3 Å². The topological polar surface area (TPSA) is 69.4 Å². The molecule has 0 saturated carbocycles. The first-order valence-corrected chi connectivity index (χ1v) is 6.89. The second-order valence-electron chi connectivity index (χ2n) is 4.13. The van der Waals surface area contributed by atoms with Crippen molar-refractivity contribution in [2.75, 3.05) is 26.3 Å². The summed E-state index contributed by atoms with van der Waals surface area (Å²) in [5.74, 6) is 0.759. The van der Waals surface area contributed by atoms with Crippen LogP contribution in [0.4, 0.5) is 0 Å². The van der Waals surface area contributed by atoms with Gasteiger partial charge in [0.15, 0.2) is 5.96 Å². The summed E-state index contributed by atoms with van der Waals surface area (Å²) in [6, 6.07) is 9.62. The van der Waals surface area contributed by atoms with E-state index in [0.717, 1.165) is 31.2 Å². The van der Waals surface area contributed by atoms with Crippen molar-refractivity contribution < 1.29 is 4.74 Å². The van der Waals surface area contributed by atoms with E-state index >= 15 is 0 Å². The van der Waals surface area contributed by atoms with E-state index in [1.54, 1.807) is 6.07 Å². The average molecular weight is 402 g/mol. The number of halogens is 1. The zero-order valence-corrected chi connectivity index (χ0v) is 14.9. The summed E-state index contributed by atoms with van der Waals surface area (Å²) < 4.78 is 5.27. The van der Waals surface area contributed by atoms with Gasteiger partial charge in [-0.15, -0.1) is 24.0 Å².